The van der Waals surface area contributed by atoms with Crippen molar-refractivity contribution in [1.29, 1.82) is 0 Å². The number of phenols is 1. The largest absolute Gasteiger partial charge is 0.507 e. The van der Waals surface area contributed by atoms with Gasteiger partial charge in [-0.2, -0.15) is 12.6 Å². The molecular formula is C18H17N3O7S2. The Morgan fingerprint density at radius 1 is 1.07 bits per heavy atom. The average molecular weight is 451 g/mol. The number of aromatic hydroxyl groups is 1. The molecule has 0 saturated heterocycles. The second-order valence-corrected chi connectivity index (χ2v) is 8.38. The molecule has 0 amide bonds. The molecule has 0 heterocycles. The van der Waals surface area contributed by atoms with Crippen LogP contribution in [0.5, 0.6) is 11.5 Å². The highest BCUT2D eigenvalue weighted by atomic mass is 32.2. The first-order valence-corrected chi connectivity index (χ1v) is 10.8. The maximum atomic E-state index is 11.6. The van der Waals surface area contributed by atoms with Gasteiger partial charge in [-0.3, -0.25) is 9.11 Å². The maximum absolute atomic E-state index is 11.6. The number of anilines is 1. The summed E-state index contributed by atoms with van der Waals surface area (Å²) in [4.78, 5) is -0.409. The van der Waals surface area contributed by atoms with Crippen molar-refractivity contribution in [1.82, 2.24) is 0 Å². The lowest BCUT2D eigenvalue weighted by Gasteiger charge is -2.12. The minimum absolute atomic E-state index is 0.00663. The molecule has 0 spiro atoms. The van der Waals surface area contributed by atoms with Crippen LogP contribution in [0.15, 0.2) is 51.5 Å². The predicted molar refractivity (Wildman–Crippen MR) is 111 cm³/mol. The molecule has 3 rings (SSSR count). The zero-order valence-corrected chi connectivity index (χ0v) is 17.4. The molecule has 1 atom stereocenters. The number of aryl methyl sites for hydroxylation is 1. The van der Waals surface area contributed by atoms with Gasteiger partial charge in [-0.15, -0.1) is 10.2 Å². The zero-order chi connectivity index (χ0) is 22.2. The summed E-state index contributed by atoms with van der Waals surface area (Å²) in [6, 6.07) is 8.60. The standard InChI is InChI=1S/C18H17N3O7S2/c1-9-3-6-15(30(25,26)27)13(7-9)21-20-12-5-4-11-8-14(28-29(23)24)10(2)18(22)16(11)17(12)19/h3-8,22H,19H2,1-2H3,(H,23,24)(H,25,26,27). The van der Waals surface area contributed by atoms with E-state index in [1.54, 1.807) is 6.92 Å². The zero-order valence-electron chi connectivity index (χ0n) is 15.7. The Morgan fingerprint density at radius 2 is 1.73 bits per heavy atom. The van der Waals surface area contributed by atoms with E-state index in [1.165, 1.54) is 43.3 Å². The third-order valence-electron chi connectivity index (χ3n) is 4.32. The number of hydrogen-bond donors (Lipinski definition) is 4. The molecule has 0 aliphatic heterocycles. The van der Waals surface area contributed by atoms with Gasteiger partial charge >= 0.3 is 11.4 Å². The van der Waals surface area contributed by atoms with Crippen molar-refractivity contribution in [2.45, 2.75) is 18.7 Å². The fraction of sp³-hybridized carbons (Fsp3) is 0.111. The topological polar surface area (TPSA) is 172 Å². The molecule has 1 unspecified atom stereocenters. The van der Waals surface area contributed by atoms with Crippen LogP contribution in [-0.4, -0.2) is 26.8 Å². The summed E-state index contributed by atoms with van der Waals surface area (Å²) >= 11 is -2.57. The summed E-state index contributed by atoms with van der Waals surface area (Å²) in [6.45, 7) is 3.20. The minimum Gasteiger partial charge on any atom is -0.507 e. The van der Waals surface area contributed by atoms with Crippen molar-refractivity contribution in [2.75, 3.05) is 5.73 Å². The lowest BCUT2D eigenvalue weighted by Crippen LogP contribution is -2.00. The van der Waals surface area contributed by atoms with Crippen molar-refractivity contribution < 1.29 is 31.0 Å². The number of nitrogen functional groups attached to an aromatic ring is 1. The molecule has 10 nitrogen and oxygen atoms in total. The molecule has 0 bridgehead atoms. The molecule has 30 heavy (non-hydrogen) atoms. The molecule has 0 radical (unpaired) electrons. The van der Waals surface area contributed by atoms with Gasteiger partial charge < -0.3 is 15.0 Å². The molecule has 0 aromatic heterocycles. The number of azo groups is 1. The van der Waals surface area contributed by atoms with Crippen molar-refractivity contribution in [3.05, 3.63) is 47.5 Å². The Morgan fingerprint density at radius 3 is 2.37 bits per heavy atom. The predicted octanol–water partition coefficient (Wildman–Crippen LogP) is 3.92. The van der Waals surface area contributed by atoms with Gasteiger partial charge in [0.1, 0.15) is 27.8 Å². The molecular weight excluding hydrogens is 434 g/mol. The number of nitrogens with zero attached hydrogens (tertiary/aromatic N) is 2. The fourth-order valence-electron chi connectivity index (χ4n) is 2.85. The number of rotatable bonds is 5. The quantitative estimate of drug-likeness (QED) is 0.195. The first-order chi connectivity index (χ1) is 14.0. The Kier molecular flexibility index (Phi) is 5.76. The van der Waals surface area contributed by atoms with Crippen LogP contribution in [0.3, 0.4) is 0 Å². The van der Waals surface area contributed by atoms with E-state index in [9.17, 15) is 22.3 Å². The van der Waals surface area contributed by atoms with E-state index in [0.29, 0.717) is 10.9 Å². The molecule has 5 N–H and O–H groups in total. The summed E-state index contributed by atoms with van der Waals surface area (Å²) in [5.74, 6) is -0.260. The van der Waals surface area contributed by atoms with Gasteiger partial charge in [-0.05, 0) is 49.1 Å². The van der Waals surface area contributed by atoms with E-state index in [1.807, 2.05) is 0 Å². The second kappa shape index (κ2) is 7.99. The normalized spacial score (nSPS) is 13.1. The summed E-state index contributed by atoms with van der Waals surface area (Å²) in [5, 5.41) is 19.0. The number of phenolic OH excluding ortho intramolecular Hbond substituents is 1. The van der Waals surface area contributed by atoms with E-state index in [4.69, 9.17) is 14.5 Å². The van der Waals surface area contributed by atoms with E-state index in [2.05, 4.69) is 10.2 Å². The van der Waals surface area contributed by atoms with Crippen LogP contribution in [0.4, 0.5) is 17.1 Å². The van der Waals surface area contributed by atoms with E-state index in [-0.39, 0.29) is 39.5 Å². The number of nitrogens with two attached hydrogens (primary N) is 1. The fourth-order valence-corrected chi connectivity index (χ4v) is 3.78. The first-order valence-electron chi connectivity index (χ1n) is 8.33. The lowest BCUT2D eigenvalue weighted by atomic mass is 10.0. The van der Waals surface area contributed by atoms with Crippen molar-refractivity contribution in [2.24, 2.45) is 10.2 Å². The van der Waals surface area contributed by atoms with Gasteiger partial charge in [0.2, 0.25) is 0 Å². The summed E-state index contributed by atoms with van der Waals surface area (Å²) in [6.07, 6.45) is 0. The van der Waals surface area contributed by atoms with Gasteiger partial charge in [0, 0.05) is 10.9 Å². The molecule has 0 saturated carbocycles. The Hall–Kier alpha value is -3.06. The Labute approximate surface area is 174 Å². The van der Waals surface area contributed by atoms with Crippen LogP contribution in [0.1, 0.15) is 11.1 Å². The summed E-state index contributed by atoms with van der Waals surface area (Å²) in [7, 11) is -4.51. The Balaban J connectivity index is 2.13. The third-order valence-corrected chi connectivity index (χ3v) is 5.54. The summed E-state index contributed by atoms with van der Waals surface area (Å²) in [5.41, 5.74) is 7.13. The van der Waals surface area contributed by atoms with Crippen LogP contribution in [-0.2, 0) is 21.5 Å². The highest BCUT2D eigenvalue weighted by Gasteiger charge is 2.18. The van der Waals surface area contributed by atoms with Crippen LogP contribution in [0.2, 0.25) is 0 Å². The second-order valence-electron chi connectivity index (χ2n) is 6.39. The van der Waals surface area contributed by atoms with Gasteiger partial charge in [0.05, 0.1) is 5.69 Å². The average Bonchev–Trinajstić information content (AvgIpc) is 2.63. The smallest absolute Gasteiger partial charge is 0.357 e. The molecule has 0 fully saturated rings. The third kappa shape index (κ3) is 4.26. The highest BCUT2D eigenvalue weighted by molar-refractivity contribution is 7.86. The Bertz CT molecular complexity index is 1320. The van der Waals surface area contributed by atoms with Gasteiger partial charge in [-0.25, -0.2) is 0 Å². The SMILES string of the molecule is Cc1ccc(S(=O)(=O)O)c(N=Nc2ccc3cc(OS(=O)O)c(C)c(O)c3c2N)c1. The van der Waals surface area contributed by atoms with Crippen molar-refractivity contribution in [3.8, 4) is 11.5 Å². The van der Waals surface area contributed by atoms with E-state index < -0.39 is 26.4 Å². The lowest BCUT2D eigenvalue weighted by molar-refractivity contribution is 0.448. The first kappa shape index (κ1) is 21.6. The van der Waals surface area contributed by atoms with Crippen LogP contribution >= 0.6 is 0 Å². The van der Waals surface area contributed by atoms with Crippen LogP contribution < -0.4 is 9.92 Å². The van der Waals surface area contributed by atoms with Crippen LogP contribution in [0, 0.1) is 13.8 Å². The highest BCUT2D eigenvalue weighted by Crippen LogP contribution is 2.42. The number of hydrogen-bond acceptors (Lipinski definition) is 8. The number of benzene rings is 3. The molecule has 0 aliphatic carbocycles. The van der Waals surface area contributed by atoms with Gasteiger partial charge in [0.25, 0.3) is 10.1 Å². The van der Waals surface area contributed by atoms with E-state index >= 15 is 0 Å². The summed E-state index contributed by atoms with van der Waals surface area (Å²) < 4.78 is 57.1. The molecule has 158 valence electrons. The monoisotopic (exact) mass is 451 g/mol. The van der Waals surface area contributed by atoms with E-state index in [0.717, 1.165) is 0 Å². The van der Waals surface area contributed by atoms with Crippen LogP contribution in [0.25, 0.3) is 10.8 Å². The van der Waals surface area contributed by atoms with Gasteiger partial charge in [0.15, 0.2) is 0 Å². The molecule has 3 aromatic rings. The molecule has 12 heteroatoms. The minimum atomic E-state index is -4.51. The number of fused-ring (bicyclic) bond motifs is 1. The maximum Gasteiger partial charge on any atom is 0.357 e. The molecule has 3 aromatic carbocycles. The molecule has 0 aliphatic rings. The van der Waals surface area contributed by atoms with Crippen molar-refractivity contribution >= 4 is 49.3 Å². The van der Waals surface area contributed by atoms with Crippen molar-refractivity contribution in [3.63, 3.8) is 0 Å². The van der Waals surface area contributed by atoms with Gasteiger partial charge in [-0.1, -0.05) is 12.1 Å².